The van der Waals surface area contributed by atoms with E-state index in [2.05, 4.69) is 0 Å². The first-order valence-electron chi connectivity index (χ1n) is 8.58. The van der Waals surface area contributed by atoms with Crippen LogP contribution in [0.2, 0.25) is 0 Å². The molecule has 148 valence electrons. The van der Waals surface area contributed by atoms with E-state index in [1.165, 1.54) is 37.3 Å². The lowest BCUT2D eigenvalue weighted by atomic mass is 10.1. The average molecular weight is 411 g/mol. The van der Waals surface area contributed by atoms with E-state index in [1.807, 2.05) is 0 Å². The SMILES string of the molecule is C/C(=C\c1ccc([N+](=O)[O-])c(CS(=O)(=O)c2cccc3ccccc23)c1)C(=O)O. The summed E-state index contributed by atoms with van der Waals surface area (Å²) in [5.41, 5.74) is 0.0640. The second kappa shape index (κ2) is 7.84. The van der Waals surface area contributed by atoms with Crippen LogP contribution in [-0.4, -0.2) is 24.4 Å². The smallest absolute Gasteiger partial charge is 0.331 e. The number of carbonyl (C=O) groups is 1. The highest BCUT2D eigenvalue weighted by Crippen LogP contribution is 2.29. The van der Waals surface area contributed by atoms with Gasteiger partial charge in [0.1, 0.15) is 0 Å². The van der Waals surface area contributed by atoms with E-state index in [9.17, 15) is 23.3 Å². The molecule has 0 aliphatic carbocycles. The first kappa shape index (κ1) is 20.2. The molecule has 29 heavy (non-hydrogen) atoms. The van der Waals surface area contributed by atoms with Crippen molar-refractivity contribution < 1.29 is 23.2 Å². The molecule has 0 heterocycles. The number of hydrogen-bond donors (Lipinski definition) is 1. The molecule has 0 spiro atoms. The molecule has 0 aromatic heterocycles. The first-order valence-corrected chi connectivity index (χ1v) is 10.2. The number of nitro groups is 1. The second-order valence-corrected chi connectivity index (χ2v) is 8.47. The summed E-state index contributed by atoms with van der Waals surface area (Å²) in [5, 5.41) is 21.7. The van der Waals surface area contributed by atoms with Gasteiger partial charge in [-0.15, -0.1) is 0 Å². The number of rotatable bonds is 6. The van der Waals surface area contributed by atoms with Crippen LogP contribution in [0, 0.1) is 10.1 Å². The predicted molar refractivity (Wildman–Crippen MR) is 109 cm³/mol. The number of carboxylic acids is 1. The lowest BCUT2D eigenvalue weighted by Gasteiger charge is -2.09. The molecule has 0 atom stereocenters. The summed E-state index contributed by atoms with van der Waals surface area (Å²) >= 11 is 0. The van der Waals surface area contributed by atoms with Crippen LogP contribution in [0.25, 0.3) is 16.8 Å². The monoisotopic (exact) mass is 411 g/mol. The standard InChI is InChI=1S/C21H17NO6S/c1-14(21(23)24)11-15-9-10-19(22(25)26)17(12-15)13-29(27,28)20-8-4-6-16-5-2-3-7-18(16)20/h2-12H,13H2,1H3,(H,23,24)/b14-11+. The minimum atomic E-state index is -3.90. The highest BCUT2D eigenvalue weighted by molar-refractivity contribution is 7.90. The van der Waals surface area contributed by atoms with Gasteiger partial charge in [-0.1, -0.05) is 36.4 Å². The van der Waals surface area contributed by atoms with Crippen molar-refractivity contribution >= 4 is 38.3 Å². The summed E-state index contributed by atoms with van der Waals surface area (Å²) < 4.78 is 26.2. The Morgan fingerprint density at radius 2 is 1.79 bits per heavy atom. The zero-order valence-corrected chi connectivity index (χ0v) is 16.2. The molecule has 0 saturated heterocycles. The van der Waals surface area contributed by atoms with Gasteiger partial charge in [-0.25, -0.2) is 13.2 Å². The summed E-state index contributed by atoms with van der Waals surface area (Å²) in [6.45, 7) is 1.39. The van der Waals surface area contributed by atoms with Gasteiger partial charge in [0.15, 0.2) is 9.84 Å². The van der Waals surface area contributed by atoms with Gasteiger partial charge in [-0.3, -0.25) is 10.1 Å². The quantitative estimate of drug-likeness (QED) is 0.369. The molecule has 0 saturated carbocycles. The zero-order valence-electron chi connectivity index (χ0n) is 15.4. The van der Waals surface area contributed by atoms with E-state index in [0.29, 0.717) is 10.9 Å². The fourth-order valence-electron chi connectivity index (χ4n) is 3.05. The summed E-state index contributed by atoms with van der Waals surface area (Å²) in [7, 11) is -3.90. The van der Waals surface area contributed by atoms with Gasteiger partial charge in [0.05, 0.1) is 15.6 Å². The molecule has 3 aromatic rings. The highest BCUT2D eigenvalue weighted by atomic mass is 32.2. The summed E-state index contributed by atoms with van der Waals surface area (Å²) in [6.07, 6.45) is 1.33. The third-order valence-corrected chi connectivity index (χ3v) is 6.17. The Morgan fingerprint density at radius 1 is 1.10 bits per heavy atom. The van der Waals surface area contributed by atoms with Crippen molar-refractivity contribution in [3.8, 4) is 0 Å². The first-order chi connectivity index (χ1) is 13.7. The van der Waals surface area contributed by atoms with Crippen molar-refractivity contribution in [1.82, 2.24) is 0 Å². The number of nitrogens with zero attached hydrogens (tertiary/aromatic N) is 1. The number of nitro benzene ring substituents is 1. The number of aliphatic carboxylic acids is 1. The van der Waals surface area contributed by atoms with E-state index < -0.39 is 26.5 Å². The van der Waals surface area contributed by atoms with Crippen LogP contribution in [-0.2, 0) is 20.4 Å². The number of benzene rings is 3. The molecule has 3 aromatic carbocycles. The van der Waals surface area contributed by atoms with Crippen LogP contribution in [0.3, 0.4) is 0 Å². The van der Waals surface area contributed by atoms with Gasteiger partial charge in [-0.05, 0) is 42.1 Å². The minimum Gasteiger partial charge on any atom is -0.478 e. The summed E-state index contributed by atoms with van der Waals surface area (Å²) in [6, 6.07) is 15.8. The molecule has 0 unspecified atom stereocenters. The lowest BCUT2D eigenvalue weighted by Crippen LogP contribution is -2.08. The van der Waals surface area contributed by atoms with Crippen LogP contribution in [0.4, 0.5) is 5.69 Å². The number of fused-ring (bicyclic) bond motifs is 1. The van der Waals surface area contributed by atoms with Gasteiger partial charge in [0.25, 0.3) is 5.69 Å². The van der Waals surface area contributed by atoms with E-state index in [-0.39, 0.29) is 21.7 Å². The van der Waals surface area contributed by atoms with Gasteiger partial charge < -0.3 is 5.11 Å². The number of sulfone groups is 1. The van der Waals surface area contributed by atoms with Crippen molar-refractivity contribution in [3.05, 3.63) is 87.5 Å². The Bertz CT molecular complexity index is 1260. The third kappa shape index (κ3) is 4.33. The molecule has 0 fully saturated rings. The van der Waals surface area contributed by atoms with Gasteiger partial charge >= 0.3 is 5.97 Å². The second-order valence-electron chi connectivity index (χ2n) is 6.51. The fraction of sp³-hybridized carbons (Fsp3) is 0.0952. The van der Waals surface area contributed by atoms with Crippen molar-refractivity contribution in [2.45, 2.75) is 17.6 Å². The molecular formula is C21H17NO6S. The highest BCUT2D eigenvalue weighted by Gasteiger charge is 2.24. The van der Waals surface area contributed by atoms with Crippen molar-refractivity contribution in [3.63, 3.8) is 0 Å². The zero-order chi connectivity index (χ0) is 21.2. The summed E-state index contributed by atoms with van der Waals surface area (Å²) in [5.74, 6) is -1.71. The summed E-state index contributed by atoms with van der Waals surface area (Å²) in [4.78, 5) is 21.9. The number of carboxylic acid groups (broad SMARTS) is 1. The van der Waals surface area contributed by atoms with Gasteiger partial charge in [0.2, 0.25) is 0 Å². The largest absolute Gasteiger partial charge is 0.478 e. The molecule has 8 heteroatoms. The predicted octanol–water partition coefficient (Wildman–Crippen LogP) is 4.21. The van der Waals surface area contributed by atoms with E-state index in [0.717, 1.165) is 5.39 Å². The number of hydrogen-bond acceptors (Lipinski definition) is 5. The Kier molecular flexibility index (Phi) is 5.47. The Morgan fingerprint density at radius 3 is 2.48 bits per heavy atom. The van der Waals surface area contributed by atoms with E-state index >= 15 is 0 Å². The molecule has 0 amide bonds. The molecule has 7 nitrogen and oxygen atoms in total. The van der Waals surface area contributed by atoms with E-state index in [1.54, 1.807) is 36.4 Å². The topological polar surface area (TPSA) is 115 Å². The average Bonchev–Trinajstić information content (AvgIpc) is 2.67. The third-order valence-electron chi connectivity index (χ3n) is 4.45. The maximum Gasteiger partial charge on any atom is 0.331 e. The van der Waals surface area contributed by atoms with Crippen LogP contribution >= 0.6 is 0 Å². The van der Waals surface area contributed by atoms with Crippen LogP contribution in [0.15, 0.2) is 71.1 Å². The van der Waals surface area contributed by atoms with Crippen molar-refractivity contribution in [1.29, 1.82) is 0 Å². The molecule has 3 rings (SSSR count). The maximum atomic E-state index is 13.1. The normalized spacial score (nSPS) is 12.1. The Hall–Kier alpha value is -3.52. The molecule has 0 radical (unpaired) electrons. The molecular weight excluding hydrogens is 394 g/mol. The van der Waals surface area contributed by atoms with Crippen molar-refractivity contribution in [2.24, 2.45) is 0 Å². The van der Waals surface area contributed by atoms with Gasteiger partial charge in [-0.2, -0.15) is 0 Å². The molecule has 0 aliphatic heterocycles. The van der Waals surface area contributed by atoms with E-state index in [4.69, 9.17) is 5.11 Å². The van der Waals surface area contributed by atoms with Crippen molar-refractivity contribution in [2.75, 3.05) is 0 Å². The molecule has 0 bridgehead atoms. The van der Waals surface area contributed by atoms with Gasteiger partial charge in [0, 0.05) is 22.6 Å². The van der Waals surface area contributed by atoms with Crippen LogP contribution < -0.4 is 0 Å². The van der Waals surface area contributed by atoms with Crippen LogP contribution in [0.1, 0.15) is 18.1 Å². The Balaban J connectivity index is 2.11. The van der Waals surface area contributed by atoms with Crippen LogP contribution in [0.5, 0.6) is 0 Å². The fourth-order valence-corrected chi connectivity index (χ4v) is 4.65. The lowest BCUT2D eigenvalue weighted by molar-refractivity contribution is -0.385. The maximum absolute atomic E-state index is 13.1. The molecule has 1 N–H and O–H groups in total. The minimum absolute atomic E-state index is 0.00475. The Labute approximate surface area is 167 Å². The molecule has 0 aliphatic rings.